The molecule has 0 unspecified atom stereocenters. The van der Waals surface area contributed by atoms with Crippen molar-refractivity contribution >= 4 is 28.2 Å². The molecule has 0 aliphatic heterocycles. The molecular formula is C15H8ClFN2O3. The molecule has 0 aliphatic rings. The van der Waals surface area contributed by atoms with Crippen molar-refractivity contribution in [3.8, 4) is 5.69 Å². The van der Waals surface area contributed by atoms with Crippen molar-refractivity contribution in [2.24, 2.45) is 0 Å². The van der Waals surface area contributed by atoms with Crippen LogP contribution in [0.5, 0.6) is 0 Å². The molecule has 3 rings (SSSR count). The second-order valence-corrected chi connectivity index (χ2v) is 5.01. The van der Waals surface area contributed by atoms with Gasteiger partial charge in [0.25, 0.3) is 5.69 Å². The zero-order valence-corrected chi connectivity index (χ0v) is 11.7. The number of aromatic nitrogens is 1. The summed E-state index contributed by atoms with van der Waals surface area (Å²) in [6, 6.07) is 9.45. The maximum Gasteiger partial charge on any atom is 0.288 e. The summed E-state index contributed by atoms with van der Waals surface area (Å²) in [6.07, 6.45) is 1.51. The van der Waals surface area contributed by atoms with Crippen molar-refractivity contribution in [2.45, 2.75) is 0 Å². The topological polar surface area (TPSA) is 65.1 Å². The lowest BCUT2D eigenvalue weighted by atomic mass is 10.1. The van der Waals surface area contributed by atoms with E-state index in [1.54, 1.807) is 4.57 Å². The number of hydrogen-bond acceptors (Lipinski definition) is 3. The predicted molar refractivity (Wildman–Crippen MR) is 81.2 cm³/mol. The number of pyridine rings is 1. The second-order valence-electron chi connectivity index (χ2n) is 4.60. The summed E-state index contributed by atoms with van der Waals surface area (Å²) in [5.74, 6) is -0.386. The molecule has 0 atom stereocenters. The quantitative estimate of drug-likeness (QED) is 0.534. The third-order valence-electron chi connectivity index (χ3n) is 3.27. The van der Waals surface area contributed by atoms with Crippen molar-refractivity contribution in [3.05, 3.63) is 79.8 Å². The van der Waals surface area contributed by atoms with Crippen molar-refractivity contribution in [1.82, 2.24) is 4.57 Å². The van der Waals surface area contributed by atoms with Gasteiger partial charge in [0.15, 0.2) is 5.43 Å². The number of nitrogens with zero attached hydrogens (tertiary/aromatic N) is 2. The van der Waals surface area contributed by atoms with E-state index >= 15 is 0 Å². The molecule has 110 valence electrons. The standard InChI is InChI=1S/C15H8ClFN2O3/c16-12-8-13-11(7-14(12)19(21)22)15(20)5-6-18(13)10-3-1-9(17)2-4-10/h1-8H. The summed E-state index contributed by atoms with van der Waals surface area (Å²) in [5, 5.41) is 11.0. The molecule has 0 amide bonds. The van der Waals surface area contributed by atoms with E-state index < -0.39 is 4.92 Å². The second kappa shape index (κ2) is 5.23. The lowest BCUT2D eigenvalue weighted by molar-refractivity contribution is -0.384. The first-order valence-electron chi connectivity index (χ1n) is 6.22. The van der Waals surface area contributed by atoms with Gasteiger partial charge in [0.05, 0.1) is 15.8 Å². The average molecular weight is 319 g/mol. The summed E-state index contributed by atoms with van der Waals surface area (Å²) < 4.78 is 14.6. The number of nitro benzene ring substituents is 1. The molecule has 3 aromatic rings. The first kappa shape index (κ1) is 14.2. The first-order chi connectivity index (χ1) is 10.5. The summed E-state index contributed by atoms with van der Waals surface area (Å²) in [5.41, 5.74) is 0.335. The lowest BCUT2D eigenvalue weighted by Gasteiger charge is -2.11. The minimum absolute atomic E-state index is 0.0704. The minimum Gasteiger partial charge on any atom is -0.316 e. The van der Waals surface area contributed by atoms with Gasteiger partial charge in [-0.15, -0.1) is 0 Å². The van der Waals surface area contributed by atoms with E-state index in [9.17, 15) is 19.3 Å². The Kier molecular flexibility index (Phi) is 3.38. The van der Waals surface area contributed by atoms with E-state index in [-0.39, 0.29) is 27.3 Å². The van der Waals surface area contributed by atoms with Crippen LogP contribution >= 0.6 is 11.6 Å². The third-order valence-corrected chi connectivity index (χ3v) is 3.57. The van der Waals surface area contributed by atoms with Gasteiger partial charge in [-0.05, 0) is 30.3 Å². The van der Waals surface area contributed by atoms with Gasteiger partial charge in [-0.25, -0.2) is 4.39 Å². The smallest absolute Gasteiger partial charge is 0.288 e. The van der Waals surface area contributed by atoms with E-state index in [0.29, 0.717) is 11.2 Å². The highest BCUT2D eigenvalue weighted by Crippen LogP contribution is 2.29. The monoisotopic (exact) mass is 318 g/mol. The molecule has 0 saturated heterocycles. The highest BCUT2D eigenvalue weighted by molar-refractivity contribution is 6.33. The molecule has 0 aliphatic carbocycles. The number of halogens is 2. The molecule has 2 aromatic carbocycles. The van der Waals surface area contributed by atoms with Gasteiger partial charge in [0.2, 0.25) is 0 Å². The molecular weight excluding hydrogens is 311 g/mol. The molecule has 1 heterocycles. The van der Waals surface area contributed by atoms with E-state index in [2.05, 4.69) is 0 Å². The largest absolute Gasteiger partial charge is 0.316 e. The zero-order chi connectivity index (χ0) is 15.9. The highest BCUT2D eigenvalue weighted by atomic mass is 35.5. The van der Waals surface area contributed by atoms with Crippen LogP contribution in [0.25, 0.3) is 16.6 Å². The lowest BCUT2D eigenvalue weighted by Crippen LogP contribution is -2.07. The SMILES string of the molecule is O=c1ccn(-c2ccc(F)cc2)c2cc(Cl)c([N+](=O)[O-])cc12. The van der Waals surface area contributed by atoms with Crippen LogP contribution < -0.4 is 5.43 Å². The minimum atomic E-state index is -0.642. The van der Waals surface area contributed by atoms with Crippen molar-refractivity contribution in [2.75, 3.05) is 0 Å². The van der Waals surface area contributed by atoms with Gasteiger partial charge < -0.3 is 4.57 Å². The Bertz CT molecular complexity index is 951. The van der Waals surface area contributed by atoms with Gasteiger partial charge in [-0.1, -0.05) is 11.6 Å². The van der Waals surface area contributed by atoms with Crippen LogP contribution in [0.15, 0.2) is 53.5 Å². The van der Waals surface area contributed by atoms with Crippen molar-refractivity contribution < 1.29 is 9.31 Å². The molecule has 0 bridgehead atoms. The zero-order valence-electron chi connectivity index (χ0n) is 11.0. The highest BCUT2D eigenvalue weighted by Gasteiger charge is 2.16. The van der Waals surface area contributed by atoms with E-state index in [1.807, 2.05) is 0 Å². The normalized spacial score (nSPS) is 10.8. The fourth-order valence-electron chi connectivity index (χ4n) is 2.23. The molecule has 0 N–H and O–H groups in total. The number of nitro groups is 1. The molecule has 5 nitrogen and oxygen atoms in total. The molecule has 0 saturated carbocycles. The Morgan fingerprint density at radius 3 is 2.45 bits per heavy atom. The number of fused-ring (bicyclic) bond motifs is 1. The van der Waals surface area contributed by atoms with Crippen LogP contribution in [0.2, 0.25) is 5.02 Å². The number of hydrogen-bond donors (Lipinski definition) is 0. The Morgan fingerprint density at radius 1 is 1.14 bits per heavy atom. The van der Waals surface area contributed by atoms with Gasteiger partial charge in [0.1, 0.15) is 10.8 Å². The Balaban J connectivity index is 2.36. The van der Waals surface area contributed by atoms with E-state index in [1.165, 1.54) is 42.6 Å². The van der Waals surface area contributed by atoms with Crippen LogP contribution in [0.1, 0.15) is 0 Å². The van der Waals surface area contributed by atoms with E-state index in [4.69, 9.17) is 11.6 Å². The third kappa shape index (κ3) is 2.33. The molecule has 0 radical (unpaired) electrons. The van der Waals surface area contributed by atoms with Gasteiger partial charge in [-0.3, -0.25) is 14.9 Å². The summed E-state index contributed by atoms with van der Waals surface area (Å²) in [7, 11) is 0. The molecule has 0 fully saturated rings. The number of rotatable bonds is 2. The fraction of sp³-hybridized carbons (Fsp3) is 0. The Labute approximate surface area is 128 Å². The predicted octanol–water partition coefficient (Wildman–Crippen LogP) is 3.69. The summed E-state index contributed by atoms with van der Waals surface area (Å²) in [6.45, 7) is 0. The van der Waals surface area contributed by atoms with Crippen LogP contribution in [0, 0.1) is 15.9 Å². The van der Waals surface area contributed by atoms with Crippen molar-refractivity contribution in [1.29, 1.82) is 0 Å². The summed E-state index contributed by atoms with van der Waals surface area (Å²) in [4.78, 5) is 22.3. The van der Waals surface area contributed by atoms with Gasteiger partial charge >= 0.3 is 0 Å². The maximum absolute atomic E-state index is 13.0. The molecule has 7 heteroatoms. The Morgan fingerprint density at radius 2 is 1.82 bits per heavy atom. The van der Waals surface area contributed by atoms with Crippen molar-refractivity contribution in [3.63, 3.8) is 0 Å². The molecule has 1 aromatic heterocycles. The molecule has 22 heavy (non-hydrogen) atoms. The van der Waals surface area contributed by atoms with Gasteiger partial charge in [0, 0.05) is 24.0 Å². The van der Waals surface area contributed by atoms with Gasteiger partial charge in [-0.2, -0.15) is 0 Å². The fourth-order valence-corrected chi connectivity index (χ4v) is 2.45. The first-order valence-corrected chi connectivity index (χ1v) is 6.60. The van der Waals surface area contributed by atoms with Crippen LogP contribution in [0.3, 0.4) is 0 Å². The summed E-state index contributed by atoms with van der Waals surface area (Å²) >= 11 is 5.92. The van der Waals surface area contributed by atoms with Crippen LogP contribution in [0.4, 0.5) is 10.1 Å². The van der Waals surface area contributed by atoms with Crippen LogP contribution in [-0.2, 0) is 0 Å². The average Bonchev–Trinajstić information content (AvgIpc) is 2.48. The van der Waals surface area contributed by atoms with Crippen LogP contribution in [-0.4, -0.2) is 9.49 Å². The maximum atomic E-state index is 13.0. The van der Waals surface area contributed by atoms with E-state index in [0.717, 1.165) is 6.07 Å². The molecule has 0 spiro atoms. The Hall–Kier alpha value is -2.73. The number of benzene rings is 2.